The van der Waals surface area contributed by atoms with Crippen molar-refractivity contribution >= 4 is 34.1 Å². The summed E-state index contributed by atoms with van der Waals surface area (Å²) in [5, 5.41) is 13.1. The molecule has 1 atom stereocenters. The van der Waals surface area contributed by atoms with Crippen molar-refractivity contribution in [1.29, 1.82) is 0 Å². The number of hydrogen-bond donors (Lipinski definition) is 1. The zero-order valence-corrected chi connectivity index (χ0v) is 18.7. The first-order valence-corrected chi connectivity index (χ1v) is 11.0. The zero-order valence-electron chi connectivity index (χ0n) is 17.9. The lowest BCUT2D eigenvalue weighted by Gasteiger charge is -2.37. The summed E-state index contributed by atoms with van der Waals surface area (Å²) in [7, 11) is 0. The second kappa shape index (κ2) is 10.0. The number of amides is 3. The van der Waals surface area contributed by atoms with E-state index in [0.717, 1.165) is 29.5 Å². The molecule has 0 saturated carbocycles. The first kappa shape index (κ1) is 24.2. The molecule has 1 aromatic carbocycles. The summed E-state index contributed by atoms with van der Waals surface area (Å²) < 4.78 is 27.9. The highest BCUT2D eigenvalue weighted by Crippen LogP contribution is 2.25. The normalized spacial score (nSPS) is 14.8. The van der Waals surface area contributed by atoms with Crippen LogP contribution in [0.2, 0.25) is 0 Å². The highest BCUT2D eigenvalue weighted by molar-refractivity contribution is 7.17. The largest absolute Gasteiger partial charge is 0.340 e. The number of nitrogens with zero attached hydrogens (tertiary/aromatic N) is 3. The molecule has 1 N–H and O–H groups in total. The molecular weight excluding hydrogens is 458 g/mol. The van der Waals surface area contributed by atoms with Gasteiger partial charge in [-0.2, -0.15) is 0 Å². The van der Waals surface area contributed by atoms with E-state index in [9.17, 15) is 33.3 Å². The second-order valence-corrected chi connectivity index (χ2v) is 8.87. The Hall–Kier alpha value is -3.41. The van der Waals surface area contributed by atoms with Crippen molar-refractivity contribution in [2.75, 3.05) is 26.2 Å². The Balaban J connectivity index is 1.64. The molecule has 0 spiro atoms. The van der Waals surface area contributed by atoms with E-state index in [0.29, 0.717) is 0 Å². The summed E-state index contributed by atoms with van der Waals surface area (Å²) >= 11 is 0.786. The third-order valence-electron chi connectivity index (χ3n) is 5.27. The van der Waals surface area contributed by atoms with Crippen LogP contribution in [0.15, 0.2) is 30.3 Å². The van der Waals surface area contributed by atoms with Gasteiger partial charge in [-0.25, -0.2) is 8.78 Å². The van der Waals surface area contributed by atoms with Crippen molar-refractivity contribution in [2.24, 2.45) is 5.92 Å². The Kier molecular flexibility index (Phi) is 7.36. The molecule has 2 aromatic rings. The molecular formula is C21H22F2N4O5S. The standard InChI is InChI=1S/C21H22F2N4O5S/c1-12(2)18(24-19(28)17-13(22)4-3-5-14(17)23)21(30)26-10-8-25(9-11-26)20(29)15-6-7-16(33-15)27(31)32/h3-7,12,18H,8-11H2,1-2H3,(H,24,28). The number of thiophene rings is 1. The number of rotatable bonds is 6. The minimum Gasteiger partial charge on any atom is -0.340 e. The van der Waals surface area contributed by atoms with Gasteiger partial charge in [0.1, 0.15) is 23.2 Å². The van der Waals surface area contributed by atoms with Crippen LogP contribution in [0.1, 0.15) is 33.9 Å². The number of nitro groups is 1. The third kappa shape index (κ3) is 5.33. The summed E-state index contributed by atoms with van der Waals surface area (Å²) in [6, 6.07) is 4.71. The van der Waals surface area contributed by atoms with Gasteiger partial charge in [0.05, 0.1) is 9.80 Å². The van der Waals surface area contributed by atoms with Crippen LogP contribution in [0.3, 0.4) is 0 Å². The summed E-state index contributed by atoms with van der Waals surface area (Å²) in [5.41, 5.74) is -0.753. The molecule has 12 heteroatoms. The number of nitrogens with one attached hydrogen (secondary N) is 1. The van der Waals surface area contributed by atoms with Gasteiger partial charge in [-0.15, -0.1) is 0 Å². The van der Waals surface area contributed by atoms with Crippen LogP contribution in [0.5, 0.6) is 0 Å². The predicted octanol–water partition coefficient (Wildman–Crippen LogP) is 2.67. The predicted molar refractivity (Wildman–Crippen MR) is 116 cm³/mol. The summed E-state index contributed by atoms with van der Waals surface area (Å²) in [4.78, 5) is 51.6. The summed E-state index contributed by atoms with van der Waals surface area (Å²) in [6.45, 7) is 4.18. The first-order chi connectivity index (χ1) is 15.6. The molecule has 0 radical (unpaired) electrons. The monoisotopic (exact) mass is 480 g/mol. The molecule has 1 saturated heterocycles. The van der Waals surface area contributed by atoms with Crippen LogP contribution in [0, 0.1) is 27.7 Å². The smallest absolute Gasteiger partial charge is 0.324 e. The van der Waals surface area contributed by atoms with Crippen LogP contribution >= 0.6 is 11.3 Å². The van der Waals surface area contributed by atoms with Crippen LogP contribution in [-0.2, 0) is 4.79 Å². The molecule has 176 valence electrons. The molecule has 3 amide bonds. The lowest BCUT2D eigenvalue weighted by Crippen LogP contribution is -2.57. The van der Waals surface area contributed by atoms with E-state index in [1.807, 2.05) is 0 Å². The van der Waals surface area contributed by atoms with Crippen molar-refractivity contribution in [1.82, 2.24) is 15.1 Å². The molecule has 1 fully saturated rings. The number of carbonyl (C=O) groups excluding carboxylic acids is 3. The van der Waals surface area contributed by atoms with Crippen LogP contribution in [0.4, 0.5) is 13.8 Å². The van der Waals surface area contributed by atoms with Gasteiger partial charge in [-0.1, -0.05) is 31.3 Å². The number of piperazine rings is 1. The van der Waals surface area contributed by atoms with Gasteiger partial charge in [0, 0.05) is 32.2 Å². The maximum atomic E-state index is 13.9. The Morgan fingerprint density at radius 1 is 1.03 bits per heavy atom. The van der Waals surface area contributed by atoms with Gasteiger partial charge in [0.15, 0.2) is 0 Å². The summed E-state index contributed by atoms with van der Waals surface area (Å²) in [5.74, 6) is -4.21. The van der Waals surface area contributed by atoms with Gasteiger partial charge < -0.3 is 15.1 Å². The Morgan fingerprint density at radius 3 is 2.12 bits per heavy atom. The van der Waals surface area contributed by atoms with Crippen molar-refractivity contribution in [3.63, 3.8) is 0 Å². The molecule has 1 aromatic heterocycles. The van der Waals surface area contributed by atoms with E-state index in [-0.39, 0.29) is 47.9 Å². The van der Waals surface area contributed by atoms with Crippen LogP contribution < -0.4 is 5.32 Å². The fourth-order valence-electron chi connectivity index (χ4n) is 3.46. The van der Waals surface area contributed by atoms with Crippen LogP contribution in [0.25, 0.3) is 0 Å². The Bertz CT molecular complexity index is 1060. The number of hydrogen-bond acceptors (Lipinski definition) is 6. The minimum atomic E-state index is -1.02. The topological polar surface area (TPSA) is 113 Å². The van der Waals surface area contributed by atoms with Crippen molar-refractivity contribution < 1.29 is 28.1 Å². The fourth-order valence-corrected chi connectivity index (χ4v) is 4.25. The van der Waals surface area contributed by atoms with E-state index >= 15 is 0 Å². The lowest BCUT2D eigenvalue weighted by atomic mass is 10.0. The average molecular weight is 480 g/mol. The molecule has 9 nitrogen and oxygen atoms in total. The lowest BCUT2D eigenvalue weighted by molar-refractivity contribution is -0.380. The molecule has 33 heavy (non-hydrogen) atoms. The molecule has 1 unspecified atom stereocenters. The van der Waals surface area contributed by atoms with E-state index in [1.165, 1.54) is 21.9 Å². The van der Waals surface area contributed by atoms with Crippen molar-refractivity contribution in [3.05, 3.63) is 62.5 Å². The number of benzene rings is 1. The summed E-state index contributed by atoms with van der Waals surface area (Å²) in [6.07, 6.45) is 0. The molecule has 0 aliphatic carbocycles. The average Bonchev–Trinajstić information content (AvgIpc) is 3.27. The van der Waals surface area contributed by atoms with Gasteiger partial charge >= 0.3 is 5.00 Å². The van der Waals surface area contributed by atoms with E-state index in [4.69, 9.17) is 0 Å². The van der Waals surface area contributed by atoms with Crippen LogP contribution in [-0.4, -0.2) is 64.7 Å². The minimum absolute atomic E-state index is 0.131. The van der Waals surface area contributed by atoms with Gasteiger partial charge in [-0.3, -0.25) is 24.5 Å². The SMILES string of the molecule is CC(C)C(NC(=O)c1c(F)cccc1F)C(=O)N1CCN(C(=O)c2ccc([N+](=O)[O-])s2)CC1. The van der Waals surface area contributed by atoms with Gasteiger partial charge in [0.25, 0.3) is 11.8 Å². The highest BCUT2D eigenvalue weighted by atomic mass is 32.1. The maximum Gasteiger partial charge on any atom is 0.324 e. The van der Waals surface area contributed by atoms with Crippen molar-refractivity contribution in [2.45, 2.75) is 19.9 Å². The highest BCUT2D eigenvalue weighted by Gasteiger charge is 2.33. The van der Waals surface area contributed by atoms with Gasteiger partial charge in [-0.05, 0) is 24.1 Å². The van der Waals surface area contributed by atoms with E-state index in [1.54, 1.807) is 13.8 Å². The second-order valence-electron chi connectivity index (χ2n) is 7.80. The number of carbonyl (C=O) groups is 3. The molecule has 1 aliphatic rings. The number of halogens is 2. The fraction of sp³-hybridized carbons (Fsp3) is 0.381. The Morgan fingerprint density at radius 2 is 1.61 bits per heavy atom. The Labute approximate surface area is 192 Å². The van der Waals surface area contributed by atoms with E-state index in [2.05, 4.69) is 5.32 Å². The molecule has 0 bridgehead atoms. The zero-order chi connectivity index (χ0) is 24.3. The first-order valence-electron chi connectivity index (χ1n) is 10.2. The van der Waals surface area contributed by atoms with E-state index < -0.39 is 40.0 Å². The third-order valence-corrected chi connectivity index (χ3v) is 6.30. The maximum absolute atomic E-state index is 13.9. The van der Waals surface area contributed by atoms with Crippen molar-refractivity contribution in [3.8, 4) is 0 Å². The molecule has 3 rings (SSSR count). The molecule has 1 aliphatic heterocycles. The van der Waals surface area contributed by atoms with Gasteiger partial charge in [0.2, 0.25) is 5.91 Å². The molecule has 2 heterocycles. The quantitative estimate of drug-likeness (QED) is 0.505.